The van der Waals surface area contributed by atoms with Crippen molar-refractivity contribution < 1.29 is 24.0 Å². The summed E-state index contributed by atoms with van der Waals surface area (Å²) in [7, 11) is 1.67. The van der Waals surface area contributed by atoms with Gasteiger partial charge in [-0.1, -0.05) is 0 Å². The number of benzene rings is 1. The summed E-state index contributed by atoms with van der Waals surface area (Å²) in [6.45, 7) is 10.5. The van der Waals surface area contributed by atoms with Crippen LogP contribution >= 0.6 is 0 Å². The summed E-state index contributed by atoms with van der Waals surface area (Å²) in [6.07, 6.45) is 0. The molecule has 0 saturated carbocycles. The number of nitrogens with zero attached hydrogens (tertiary/aromatic N) is 2. The van der Waals surface area contributed by atoms with Gasteiger partial charge in [0.15, 0.2) is 0 Å². The van der Waals surface area contributed by atoms with Crippen molar-refractivity contribution in [1.82, 2.24) is 9.47 Å². The van der Waals surface area contributed by atoms with Crippen LogP contribution in [0, 0.1) is 13.8 Å². The number of aryl methyl sites for hydroxylation is 1. The van der Waals surface area contributed by atoms with Crippen molar-refractivity contribution in [3.8, 4) is 5.75 Å². The van der Waals surface area contributed by atoms with Crippen molar-refractivity contribution in [3.05, 3.63) is 52.8 Å². The van der Waals surface area contributed by atoms with Gasteiger partial charge in [-0.15, -0.1) is 0 Å². The van der Waals surface area contributed by atoms with Gasteiger partial charge < -0.3 is 23.8 Å². The molecule has 1 aromatic carbocycles. The van der Waals surface area contributed by atoms with Crippen LogP contribution in [0.4, 0.5) is 0 Å². The summed E-state index contributed by atoms with van der Waals surface area (Å²) < 4.78 is 12.2. The Balaban J connectivity index is 1.55. The SMILES string of the molecule is CCOC(=O)c1cc(C)n(CC(=O)N2CC[NH+](Cc3ccc(OC)cc3)CC2)c1C. The average Bonchev–Trinajstić information content (AvgIpc) is 3.03. The average molecular weight is 415 g/mol. The summed E-state index contributed by atoms with van der Waals surface area (Å²) >= 11 is 0. The number of methoxy groups -OCH3 is 1. The van der Waals surface area contributed by atoms with Crippen LogP contribution in [0.2, 0.25) is 0 Å². The van der Waals surface area contributed by atoms with Gasteiger partial charge in [-0.05, 0) is 51.1 Å². The number of hydrogen-bond donors (Lipinski definition) is 1. The van der Waals surface area contributed by atoms with Crippen molar-refractivity contribution in [1.29, 1.82) is 0 Å². The standard InChI is InChI=1S/C23H31N3O4/c1-5-30-23(28)21-14-17(2)26(18(21)3)16-22(27)25-12-10-24(11-13-25)15-19-6-8-20(29-4)9-7-19/h6-9,14H,5,10-13,15-16H2,1-4H3/p+1. The Hall–Kier alpha value is -2.80. The maximum Gasteiger partial charge on any atom is 0.339 e. The van der Waals surface area contributed by atoms with E-state index in [9.17, 15) is 9.59 Å². The molecule has 1 aromatic heterocycles. The number of aromatic nitrogens is 1. The number of hydrogen-bond acceptors (Lipinski definition) is 4. The number of quaternary nitrogens is 1. The minimum Gasteiger partial charge on any atom is -0.497 e. The molecule has 7 nitrogen and oxygen atoms in total. The van der Waals surface area contributed by atoms with Gasteiger partial charge in [0.05, 0.1) is 45.5 Å². The summed E-state index contributed by atoms with van der Waals surface area (Å²) in [5.41, 5.74) is 3.49. The van der Waals surface area contributed by atoms with E-state index in [1.54, 1.807) is 20.1 Å². The number of carbonyl (C=O) groups is 2. The first kappa shape index (κ1) is 21.9. The van der Waals surface area contributed by atoms with E-state index in [1.165, 1.54) is 10.5 Å². The quantitative estimate of drug-likeness (QED) is 0.692. The maximum absolute atomic E-state index is 12.9. The van der Waals surface area contributed by atoms with Crippen LogP contribution in [0.25, 0.3) is 0 Å². The summed E-state index contributed by atoms with van der Waals surface area (Å²) in [5.74, 6) is 0.627. The summed E-state index contributed by atoms with van der Waals surface area (Å²) in [4.78, 5) is 28.4. The lowest BCUT2D eigenvalue weighted by Crippen LogP contribution is -3.13. The smallest absolute Gasteiger partial charge is 0.339 e. The van der Waals surface area contributed by atoms with Gasteiger partial charge in [0.1, 0.15) is 18.8 Å². The largest absolute Gasteiger partial charge is 0.497 e. The normalized spacial score (nSPS) is 14.6. The second-order valence-corrected chi connectivity index (χ2v) is 7.75. The number of piperazine rings is 1. The molecule has 1 amide bonds. The molecule has 1 fully saturated rings. The topological polar surface area (TPSA) is 65.2 Å². The lowest BCUT2D eigenvalue weighted by molar-refractivity contribution is -0.917. The van der Waals surface area contributed by atoms with Gasteiger partial charge in [0, 0.05) is 17.0 Å². The van der Waals surface area contributed by atoms with Gasteiger partial charge in [-0.2, -0.15) is 0 Å². The lowest BCUT2D eigenvalue weighted by atomic mass is 10.2. The maximum atomic E-state index is 12.9. The number of nitrogens with one attached hydrogen (secondary N) is 1. The minimum absolute atomic E-state index is 0.0932. The third kappa shape index (κ3) is 5.02. The van der Waals surface area contributed by atoms with Crippen LogP contribution in [-0.2, 0) is 22.6 Å². The monoisotopic (exact) mass is 414 g/mol. The second kappa shape index (κ2) is 9.80. The van der Waals surface area contributed by atoms with Crippen LogP contribution in [0.1, 0.15) is 34.2 Å². The molecular formula is C23H32N3O4+. The molecule has 1 aliphatic rings. The Kier molecular flexibility index (Phi) is 7.15. The van der Waals surface area contributed by atoms with E-state index < -0.39 is 0 Å². The Bertz CT molecular complexity index is 881. The number of ether oxygens (including phenoxy) is 2. The highest BCUT2D eigenvalue weighted by atomic mass is 16.5. The molecule has 7 heteroatoms. The fourth-order valence-electron chi connectivity index (χ4n) is 3.98. The van der Waals surface area contributed by atoms with E-state index in [2.05, 4.69) is 12.1 Å². The Morgan fingerprint density at radius 3 is 2.37 bits per heavy atom. The van der Waals surface area contributed by atoms with Gasteiger partial charge >= 0.3 is 5.97 Å². The Morgan fingerprint density at radius 2 is 1.77 bits per heavy atom. The molecule has 30 heavy (non-hydrogen) atoms. The highest BCUT2D eigenvalue weighted by Gasteiger charge is 2.25. The molecule has 1 N–H and O–H groups in total. The first-order valence-corrected chi connectivity index (χ1v) is 10.5. The molecule has 0 radical (unpaired) electrons. The van der Waals surface area contributed by atoms with Gasteiger partial charge in [0.2, 0.25) is 5.91 Å². The molecule has 162 valence electrons. The van der Waals surface area contributed by atoms with Gasteiger partial charge in [0.25, 0.3) is 0 Å². The van der Waals surface area contributed by atoms with Crippen molar-refractivity contribution in [3.63, 3.8) is 0 Å². The highest BCUT2D eigenvalue weighted by Crippen LogP contribution is 2.17. The van der Waals surface area contributed by atoms with E-state index in [0.29, 0.717) is 12.2 Å². The molecule has 0 spiro atoms. The molecule has 0 atom stereocenters. The molecular weight excluding hydrogens is 382 g/mol. The van der Waals surface area contributed by atoms with Crippen LogP contribution in [0.15, 0.2) is 30.3 Å². The zero-order valence-corrected chi connectivity index (χ0v) is 18.4. The summed E-state index contributed by atoms with van der Waals surface area (Å²) in [6, 6.07) is 9.98. The predicted molar refractivity (Wildman–Crippen MR) is 114 cm³/mol. The third-order valence-corrected chi connectivity index (χ3v) is 5.80. The number of rotatable bonds is 7. The highest BCUT2D eigenvalue weighted by molar-refractivity contribution is 5.91. The van der Waals surface area contributed by atoms with Crippen LogP contribution < -0.4 is 9.64 Å². The molecule has 2 heterocycles. The van der Waals surface area contributed by atoms with Crippen molar-refractivity contribution in [2.24, 2.45) is 0 Å². The predicted octanol–water partition coefficient (Wildman–Crippen LogP) is 1.22. The van der Waals surface area contributed by atoms with Crippen LogP contribution in [0.3, 0.4) is 0 Å². The molecule has 0 unspecified atom stereocenters. The van der Waals surface area contributed by atoms with Crippen molar-refractivity contribution >= 4 is 11.9 Å². The molecule has 1 aliphatic heterocycles. The van der Waals surface area contributed by atoms with E-state index in [4.69, 9.17) is 9.47 Å². The molecule has 0 bridgehead atoms. The molecule has 1 saturated heterocycles. The molecule has 3 rings (SSSR count). The summed E-state index contributed by atoms with van der Waals surface area (Å²) in [5, 5.41) is 0. The fourth-order valence-corrected chi connectivity index (χ4v) is 3.98. The lowest BCUT2D eigenvalue weighted by Gasteiger charge is -2.32. The van der Waals surface area contributed by atoms with E-state index >= 15 is 0 Å². The van der Waals surface area contributed by atoms with Gasteiger partial charge in [-0.25, -0.2) is 4.79 Å². The number of amides is 1. The van der Waals surface area contributed by atoms with Crippen molar-refractivity contribution in [2.75, 3.05) is 39.9 Å². The van der Waals surface area contributed by atoms with Crippen LogP contribution in [-0.4, -0.2) is 61.2 Å². The molecule has 2 aromatic rings. The van der Waals surface area contributed by atoms with Crippen molar-refractivity contribution in [2.45, 2.75) is 33.9 Å². The number of carbonyl (C=O) groups excluding carboxylic acids is 2. The Labute approximate surface area is 178 Å². The number of esters is 1. The first-order chi connectivity index (χ1) is 14.4. The Morgan fingerprint density at radius 1 is 1.10 bits per heavy atom. The van der Waals surface area contributed by atoms with E-state index in [0.717, 1.165) is 49.9 Å². The second-order valence-electron chi connectivity index (χ2n) is 7.75. The zero-order valence-electron chi connectivity index (χ0n) is 18.4. The molecule has 0 aliphatic carbocycles. The fraction of sp³-hybridized carbons (Fsp3) is 0.478. The first-order valence-electron chi connectivity index (χ1n) is 10.5. The van der Waals surface area contributed by atoms with E-state index in [1.807, 2.05) is 35.4 Å². The van der Waals surface area contributed by atoms with Gasteiger partial charge in [-0.3, -0.25) is 4.79 Å². The minimum atomic E-state index is -0.333. The third-order valence-electron chi connectivity index (χ3n) is 5.80. The van der Waals surface area contributed by atoms with E-state index in [-0.39, 0.29) is 18.4 Å². The van der Waals surface area contributed by atoms with Crippen LogP contribution in [0.5, 0.6) is 5.75 Å². The zero-order chi connectivity index (χ0) is 21.7.